The smallest absolute Gasteiger partial charge is 0.185 e. The highest BCUT2D eigenvalue weighted by atomic mass is 35.5. The summed E-state index contributed by atoms with van der Waals surface area (Å²) in [6.45, 7) is 3.52. The zero-order valence-corrected chi connectivity index (χ0v) is 8.95. The number of carbonyl (C=O) groups is 1. The standard InChI is InChI=1S/C13H11ClO/c1-2-3-4-5-6-13(15)11-7-9-12(14)10-8-11/h2-10H,1H2/b4-3+,6-5+. The molecule has 0 aliphatic carbocycles. The van der Waals surface area contributed by atoms with Crippen molar-refractivity contribution in [3.8, 4) is 0 Å². The molecule has 0 atom stereocenters. The first-order valence-corrected chi connectivity index (χ1v) is 4.87. The molecule has 0 amide bonds. The van der Waals surface area contributed by atoms with E-state index in [0.717, 1.165) is 0 Å². The molecule has 1 nitrogen and oxygen atoms in total. The molecule has 0 saturated heterocycles. The summed E-state index contributed by atoms with van der Waals surface area (Å²) in [6, 6.07) is 6.79. The van der Waals surface area contributed by atoms with Gasteiger partial charge < -0.3 is 0 Å². The van der Waals surface area contributed by atoms with Gasteiger partial charge in [-0.3, -0.25) is 4.79 Å². The molecule has 1 aromatic rings. The molecule has 1 aromatic carbocycles. The summed E-state index contributed by atoms with van der Waals surface area (Å²) < 4.78 is 0. The van der Waals surface area contributed by atoms with E-state index >= 15 is 0 Å². The molecule has 0 spiro atoms. The number of rotatable bonds is 4. The lowest BCUT2D eigenvalue weighted by Gasteiger charge is -1.94. The van der Waals surface area contributed by atoms with Gasteiger partial charge in [0.25, 0.3) is 0 Å². The predicted molar refractivity (Wildman–Crippen MR) is 64.3 cm³/mol. The van der Waals surface area contributed by atoms with Crippen LogP contribution in [0.5, 0.6) is 0 Å². The Bertz CT molecular complexity index is 399. The van der Waals surface area contributed by atoms with E-state index in [4.69, 9.17) is 11.6 Å². The van der Waals surface area contributed by atoms with Gasteiger partial charge in [-0.2, -0.15) is 0 Å². The van der Waals surface area contributed by atoms with Gasteiger partial charge in [0.05, 0.1) is 0 Å². The lowest BCUT2D eigenvalue weighted by Crippen LogP contribution is -1.92. The fourth-order valence-corrected chi connectivity index (χ4v) is 1.12. The van der Waals surface area contributed by atoms with Crippen molar-refractivity contribution in [1.82, 2.24) is 0 Å². The van der Waals surface area contributed by atoms with Crippen molar-refractivity contribution in [3.63, 3.8) is 0 Å². The molecule has 0 heterocycles. The van der Waals surface area contributed by atoms with Crippen LogP contribution in [-0.2, 0) is 0 Å². The van der Waals surface area contributed by atoms with Gasteiger partial charge in [-0.15, -0.1) is 0 Å². The first-order valence-electron chi connectivity index (χ1n) is 4.49. The molecule has 2 heteroatoms. The van der Waals surface area contributed by atoms with Crippen molar-refractivity contribution < 1.29 is 4.79 Å². The van der Waals surface area contributed by atoms with Crippen LogP contribution in [0.3, 0.4) is 0 Å². The van der Waals surface area contributed by atoms with Crippen molar-refractivity contribution in [3.05, 3.63) is 71.8 Å². The highest BCUT2D eigenvalue weighted by Crippen LogP contribution is 2.10. The number of ketones is 1. The molecule has 0 aromatic heterocycles. The average molecular weight is 219 g/mol. The minimum atomic E-state index is -0.0413. The van der Waals surface area contributed by atoms with Gasteiger partial charge in [0, 0.05) is 10.6 Å². The predicted octanol–water partition coefficient (Wildman–Crippen LogP) is 3.82. The third-order valence-corrected chi connectivity index (χ3v) is 1.99. The van der Waals surface area contributed by atoms with E-state index in [9.17, 15) is 4.79 Å². The minimum Gasteiger partial charge on any atom is -0.289 e. The molecular weight excluding hydrogens is 208 g/mol. The van der Waals surface area contributed by atoms with Crippen LogP contribution in [0.1, 0.15) is 10.4 Å². The van der Waals surface area contributed by atoms with Crippen LogP contribution in [0.2, 0.25) is 5.02 Å². The molecule has 0 unspecified atom stereocenters. The van der Waals surface area contributed by atoms with Crippen LogP contribution < -0.4 is 0 Å². The topological polar surface area (TPSA) is 17.1 Å². The quantitative estimate of drug-likeness (QED) is 0.427. The van der Waals surface area contributed by atoms with Gasteiger partial charge in [0.1, 0.15) is 0 Å². The maximum Gasteiger partial charge on any atom is 0.185 e. The van der Waals surface area contributed by atoms with Crippen molar-refractivity contribution >= 4 is 17.4 Å². The zero-order chi connectivity index (χ0) is 11.1. The molecule has 0 N–H and O–H groups in total. The highest BCUT2D eigenvalue weighted by molar-refractivity contribution is 6.30. The summed E-state index contributed by atoms with van der Waals surface area (Å²) in [6.07, 6.45) is 8.34. The Labute approximate surface area is 94.4 Å². The molecule has 0 saturated carbocycles. The molecule has 76 valence electrons. The minimum absolute atomic E-state index is 0.0413. The second kappa shape index (κ2) is 5.99. The Balaban J connectivity index is 2.69. The van der Waals surface area contributed by atoms with E-state index in [0.29, 0.717) is 10.6 Å². The molecule has 0 radical (unpaired) electrons. The van der Waals surface area contributed by atoms with Gasteiger partial charge in [0.15, 0.2) is 5.78 Å². The molecule has 15 heavy (non-hydrogen) atoms. The Kier molecular flexibility index (Phi) is 4.58. The first-order chi connectivity index (χ1) is 7.24. The van der Waals surface area contributed by atoms with Crippen LogP contribution in [0.15, 0.2) is 61.2 Å². The SMILES string of the molecule is C=C/C=C/C=C/C(=O)c1ccc(Cl)cc1. The van der Waals surface area contributed by atoms with Gasteiger partial charge in [-0.1, -0.05) is 42.5 Å². The number of carbonyl (C=O) groups excluding carboxylic acids is 1. The van der Waals surface area contributed by atoms with E-state index in [1.165, 1.54) is 6.08 Å². The van der Waals surface area contributed by atoms with E-state index in [2.05, 4.69) is 6.58 Å². The van der Waals surface area contributed by atoms with Gasteiger partial charge in [0.2, 0.25) is 0 Å². The van der Waals surface area contributed by atoms with E-state index < -0.39 is 0 Å². The Morgan fingerprint density at radius 1 is 1.13 bits per heavy atom. The fourth-order valence-electron chi connectivity index (χ4n) is 0.996. The van der Waals surface area contributed by atoms with Crippen LogP contribution in [-0.4, -0.2) is 5.78 Å². The first kappa shape index (κ1) is 11.5. The Morgan fingerprint density at radius 3 is 2.40 bits per heavy atom. The van der Waals surface area contributed by atoms with Crippen LogP contribution in [0.4, 0.5) is 0 Å². The van der Waals surface area contributed by atoms with Crippen molar-refractivity contribution in [2.24, 2.45) is 0 Å². The Morgan fingerprint density at radius 2 is 1.80 bits per heavy atom. The van der Waals surface area contributed by atoms with E-state index in [-0.39, 0.29) is 5.78 Å². The lowest BCUT2D eigenvalue weighted by molar-refractivity contribution is 0.104. The number of allylic oxidation sites excluding steroid dienone is 5. The van der Waals surface area contributed by atoms with Crippen molar-refractivity contribution in [1.29, 1.82) is 0 Å². The Hall–Kier alpha value is -1.60. The van der Waals surface area contributed by atoms with Gasteiger partial charge in [-0.05, 0) is 30.3 Å². The number of hydrogen-bond donors (Lipinski definition) is 0. The largest absolute Gasteiger partial charge is 0.289 e. The summed E-state index contributed by atoms with van der Waals surface area (Å²) in [4.78, 5) is 11.5. The summed E-state index contributed by atoms with van der Waals surface area (Å²) in [5.41, 5.74) is 0.627. The number of hydrogen-bond acceptors (Lipinski definition) is 1. The van der Waals surface area contributed by atoms with E-state index in [1.807, 2.05) is 0 Å². The zero-order valence-electron chi connectivity index (χ0n) is 8.19. The van der Waals surface area contributed by atoms with E-state index in [1.54, 1.807) is 48.6 Å². The maximum absolute atomic E-state index is 11.5. The molecule has 0 bridgehead atoms. The average Bonchev–Trinajstić information content (AvgIpc) is 2.25. The second-order valence-corrected chi connectivity index (χ2v) is 3.29. The maximum atomic E-state index is 11.5. The lowest BCUT2D eigenvalue weighted by atomic mass is 10.1. The summed E-state index contributed by atoms with van der Waals surface area (Å²) in [5.74, 6) is -0.0413. The van der Waals surface area contributed by atoms with Gasteiger partial charge in [-0.25, -0.2) is 0 Å². The summed E-state index contributed by atoms with van der Waals surface area (Å²) in [7, 11) is 0. The van der Waals surface area contributed by atoms with Crippen LogP contribution in [0.25, 0.3) is 0 Å². The summed E-state index contributed by atoms with van der Waals surface area (Å²) >= 11 is 5.71. The number of halogens is 1. The molecule has 0 aliphatic heterocycles. The third-order valence-electron chi connectivity index (χ3n) is 1.73. The molecule has 1 rings (SSSR count). The van der Waals surface area contributed by atoms with Crippen molar-refractivity contribution in [2.75, 3.05) is 0 Å². The highest BCUT2D eigenvalue weighted by Gasteiger charge is 1.99. The van der Waals surface area contributed by atoms with Gasteiger partial charge >= 0.3 is 0 Å². The second-order valence-electron chi connectivity index (χ2n) is 2.85. The third kappa shape index (κ3) is 3.96. The number of benzene rings is 1. The van der Waals surface area contributed by atoms with Crippen molar-refractivity contribution in [2.45, 2.75) is 0 Å². The fraction of sp³-hybridized carbons (Fsp3) is 0. The summed E-state index contributed by atoms with van der Waals surface area (Å²) in [5, 5.41) is 0.627. The molecular formula is C13H11ClO. The molecule has 0 aliphatic rings. The van der Waals surface area contributed by atoms with Crippen LogP contribution >= 0.6 is 11.6 Å². The normalized spacial score (nSPS) is 11.0. The van der Waals surface area contributed by atoms with Crippen LogP contribution in [0, 0.1) is 0 Å². The molecule has 0 fully saturated rings. The monoisotopic (exact) mass is 218 g/mol.